The molecule has 3 heterocycles. The SMILES string of the molecule is CC(C)n1nnc2ccc3cnc(Nc4ccc(N(CCN5CCOCC5)S(C)(=O)=O)cc4)nc3c21.Cl. The molecule has 0 amide bonds. The van der Waals surface area contributed by atoms with Crippen LogP contribution < -0.4 is 9.62 Å². The zero-order valence-electron chi connectivity index (χ0n) is 21.0. The maximum atomic E-state index is 12.5. The molecule has 0 aliphatic carbocycles. The van der Waals surface area contributed by atoms with Crippen molar-refractivity contribution in [3.05, 3.63) is 42.6 Å². The van der Waals surface area contributed by atoms with E-state index in [-0.39, 0.29) is 18.4 Å². The highest BCUT2D eigenvalue weighted by Gasteiger charge is 2.20. The fourth-order valence-electron chi connectivity index (χ4n) is 4.32. The molecule has 0 bridgehead atoms. The van der Waals surface area contributed by atoms with E-state index in [4.69, 9.17) is 9.72 Å². The number of rotatable bonds is 8. The smallest absolute Gasteiger partial charge is 0.232 e. The number of halogens is 1. The van der Waals surface area contributed by atoms with Crippen molar-refractivity contribution in [2.24, 2.45) is 0 Å². The molecular weight excluding hydrogens is 516 g/mol. The Morgan fingerprint density at radius 1 is 1.11 bits per heavy atom. The molecule has 11 nitrogen and oxygen atoms in total. The summed E-state index contributed by atoms with van der Waals surface area (Å²) < 4.78 is 33.7. The summed E-state index contributed by atoms with van der Waals surface area (Å²) >= 11 is 0. The Kier molecular flexibility index (Phi) is 8.12. The van der Waals surface area contributed by atoms with Gasteiger partial charge in [-0.25, -0.2) is 23.1 Å². The molecule has 5 rings (SSSR count). The lowest BCUT2D eigenvalue weighted by atomic mass is 10.2. The fourth-order valence-corrected chi connectivity index (χ4v) is 5.24. The molecule has 198 valence electrons. The molecule has 1 aliphatic rings. The first-order valence-electron chi connectivity index (χ1n) is 11.9. The minimum absolute atomic E-state index is 0. The van der Waals surface area contributed by atoms with Crippen LogP contribution in [0.15, 0.2) is 42.6 Å². The summed E-state index contributed by atoms with van der Waals surface area (Å²) in [4.78, 5) is 11.4. The average Bonchev–Trinajstić information content (AvgIpc) is 3.30. The standard InChI is InChI=1S/C24H30N8O3S.ClH/c1-17(2)32-23-21(28-29-32)9-4-18-16-25-24(27-22(18)23)26-19-5-7-20(8-6-19)31(36(3,33)34)11-10-30-12-14-35-15-13-30;/h4-9,16-17H,10-15H2,1-3H3,(H,25,26,27);1H. The summed E-state index contributed by atoms with van der Waals surface area (Å²) in [6.07, 6.45) is 3.01. The lowest BCUT2D eigenvalue weighted by Gasteiger charge is -2.30. The van der Waals surface area contributed by atoms with Gasteiger partial charge in [-0.1, -0.05) is 5.21 Å². The first-order valence-corrected chi connectivity index (χ1v) is 13.8. The minimum atomic E-state index is -3.43. The molecule has 0 unspecified atom stereocenters. The second kappa shape index (κ2) is 11.1. The lowest BCUT2D eigenvalue weighted by Crippen LogP contribution is -2.43. The summed E-state index contributed by atoms with van der Waals surface area (Å²) in [5.74, 6) is 0.437. The Morgan fingerprint density at radius 2 is 1.84 bits per heavy atom. The van der Waals surface area contributed by atoms with Crippen molar-refractivity contribution < 1.29 is 13.2 Å². The van der Waals surface area contributed by atoms with Gasteiger partial charge in [0.25, 0.3) is 0 Å². The molecule has 37 heavy (non-hydrogen) atoms. The lowest BCUT2D eigenvalue weighted by molar-refractivity contribution is 0.0395. The number of nitrogens with one attached hydrogen (secondary N) is 1. The molecule has 0 spiro atoms. The Hall–Kier alpha value is -3.06. The third-order valence-corrected chi connectivity index (χ3v) is 7.40. The van der Waals surface area contributed by atoms with E-state index in [9.17, 15) is 8.42 Å². The molecule has 4 aromatic rings. The first kappa shape index (κ1) is 27.0. The largest absolute Gasteiger partial charge is 0.379 e. The van der Waals surface area contributed by atoms with Crippen LogP contribution >= 0.6 is 12.4 Å². The highest BCUT2D eigenvalue weighted by Crippen LogP contribution is 2.26. The third-order valence-electron chi connectivity index (χ3n) is 6.21. The van der Waals surface area contributed by atoms with Crippen LogP contribution in [0.25, 0.3) is 21.9 Å². The number of nitrogens with zero attached hydrogens (tertiary/aromatic N) is 7. The summed E-state index contributed by atoms with van der Waals surface area (Å²) in [6.45, 7) is 8.12. The van der Waals surface area contributed by atoms with E-state index < -0.39 is 10.0 Å². The average molecular weight is 547 g/mol. The number of benzene rings is 2. The second-order valence-corrected chi connectivity index (χ2v) is 11.1. The monoisotopic (exact) mass is 546 g/mol. The number of anilines is 3. The summed E-state index contributed by atoms with van der Waals surface area (Å²) in [7, 11) is -3.43. The van der Waals surface area contributed by atoms with Crippen LogP contribution in [0.5, 0.6) is 0 Å². The Bertz CT molecular complexity index is 1470. The van der Waals surface area contributed by atoms with Gasteiger partial charge in [0.15, 0.2) is 0 Å². The zero-order chi connectivity index (χ0) is 25.3. The van der Waals surface area contributed by atoms with E-state index in [0.29, 0.717) is 37.9 Å². The minimum Gasteiger partial charge on any atom is -0.379 e. The van der Waals surface area contributed by atoms with Crippen LogP contribution in [0.4, 0.5) is 17.3 Å². The molecule has 1 aliphatic heterocycles. The highest BCUT2D eigenvalue weighted by molar-refractivity contribution is 7.92. The number of aromatic nitrogens is 5. The molecular formula is C24H31ClN8O3S. The van der Waals surface area contributed by atoms with E-state index in [1.165, 1.54) is 10.6 Å². The van der Waals surface area contributed by atoms with Crippen LogP contribution in [-0.2, 0) is 14.8 Å². The van der Waals surface area contributed by atoms with Gasteiger partial charge in [0.05, 0.1) is 25.2 Å². The number of sulfonamides is 1. The molecule has 2 aromatic carbocycles. The normalized spacial score (nSPS) is 14.7. The van der Waals surface area contributed by atoms with Crippen LogP contribution in [0.1, 0.15) is 19.9 Å². The fraction of sp³-hybridized carbons (Fsp3) is 0.417. The summed E-state index contributed by atoms with van der Waals surface area (Å²) in [5, 5.41) is 12.7. The van der Waals surface area contributed by atoms with Gasteiger partial charge in [-0.05, 0) is 50.2 Å². The number of fused-ring (bicyclic) bond motifs is 3. The van der Waals surface area contributed by atoms with E-state index in [1.807, 2.05) is 28.9 Å². The van der Waals surface area contributed by atoms with Crippen molar-refractivity contribution in [2.75, 3.05) is 55.3 Å². The van der Waals surface area contributed by atoms with Crippen LogP contribution in [0.2, 0.25) is 0 Å². The van der Waals surface area contributed by atoms with E-state index in [2.05, 4.69) is 39.4 Å². The Morgan fingerprint density at radius 3 is 2.51 bits per heavy atom. The van der Waals surface area contributed by atoms with Gasteiger partial charge in [0.1, 0.15) is 16.6 Å². The zero-order valence-corrected chi connectivity index (χ0v) is 22.7. The van der Waals surface area contributed by atoms with Crippen molar-refractivity contribution in [2.45, 2.75) is 19.9 Å². The molecule has 0 radical (unpaired) electrons. The van der Waals surface area contributed by atoms with E-state index in [1.54, 1.807) is 18.3 Å². The number of ether oxygens (including phenoxy) is 1. The van der Waals surface area contributed by atoms with Crippen molar-refractivity contribution >= 4 is 61.7 Å². The maximum Gasteiger partial charge on any atom is 0.232 e. The first-order chi connectivity index (χ1) is 17.3. The second-order valence-electron chi connectivity index (χ2n) is 9.15. The van der Waals surface area contributed by atoms with Gasteiger partial charge in [-0.3, -0.25) is 9.21 Å². The van der Waals surface area contributed by atoms with Gasteiger partial charge < -0.3 is 10.1 Å². The van der Waals surface area contributed by atoms with E-state index >= 15 is 0 Å². The van der Waals surface area contributed by atoms with Crippen LogP contribution in [0.3, 0.4) is 0 Å². The Balaban J connectivity index is 0.00000320. The molecule has 2 aromatic heterocycles. The van der Waals surface area contributed by atoms with Gasteiger partial charge in [-0.2, -0.15) is 0 Å². The van der Waals surface area contributed by atoms with Gasteiger partial charge in [0, 0.05) is 49.5 Å². The molecule has 0 saturated carbocycles. The predicted molar refractivity (Wildman–Crippen MR) is 147 cm³/mol. The number of morpholine rings is 1. The Labute approximate surface area is 222 Å². The highest BCUT2D eigenvalue weighted by atomic mass is 35.5. The van der Waals surface area contributed by atoms with Crippen LogP contribution in [-0.4, -0.2) is 83.9 Å². The predicted octanol–water partition coefficient (Wildman–Crippen LogP) is 3.22. The third kappa shape index (κ3) is 5.93. The van der Waals surface area contributed by atoms with Crippen molar-refractivity contribution in [1.29, 1.82) is 0 Å². The van der Waals surface area contributed by atoms with Crippen molar-refractivity contribution in [1.82, 2.24) is 29.9 Å². The maximum absolute atomic E-state index is 12.5. The number of hydrogen-bond acceptors (Lipinski definition) is 9. The van der Waals surface area contributed by atoms with Gasteiger partial charge in [0.2, 0.25) is 16.0 Å². The quantitative estimate of drug-likeness (QED) is 0.355. The van der Waals surface area contributed by atoms with E-state index in [0.717, 1.165) is 40.7 Å². The molecule has 1 saturated heterocycles. The molecule has 1 fully saturated rings. The molecule has 0 atom stereocenters. The van der Waals surface area contributed by atoms with Crippen molar-refractivity contribution in [3.8, 4) is 0 Å². The summed E-state index contributed by atoms with van der Waals surface area (Å²) in [6, 6.07) is 11.2. The van der Waals surface area contributed by atoms with Gasteiger partial charge >= 0.3 is 0 Å². The number of hydrogen-bond donors (Lipinski definition) is 1. The van der Waals surface area contributed by atoms with Crippen LogP contribution in [0, 0.1) is 0 Å². The summed E-state index contributed by atoms with van der Waals surface area (Å²) in [5.41, 5.74) is 3.79. The van der Waals surface area contributed by atoms with Gasteiger partial charge in [-0.15, -0.1) is 17.5 Å². The molecule has 1 N–H and O–H groups in total. The molecule has 13 heteroatoms. The topological polar surface area (TPSA) is 118 Å². The van der Waals surface area contributed by atoms with Crippen molar-refractivity contribution in [3.63, 3.8) is 0 Å².